The largest absolute Gasteiger partial charge is 0.312 e. The average molecular weight is 175 g/mol. The first-order chi connectivity index (χ1) is 6.33. The second kappa shape index (κ2) is 5.28. The topological polar surface area (TPSA) is 48.7 Å². The Morgan fingerprint density at radius 1 is 1.54 bits per heavy atom. The number of hydrogen-bond acceptors (Lipinski definition) is 3. The fraction of sp³-hybridized carbons (Fsp3) is 0.400. The summed E-state index contributed by atoms with van der Waals surface area (Å²) in [7, 11) is 0. The molecule has 1 aromatic heterocycles. The molecule has 1 N–H and O–H groups in total. The van der Waals surface area contributed by atoms with Gasteiger partial charge in [0.2, 0.25) is 0 Å². The number of pyridine rings is 1. The number of aromatic nitrogens is 1. The molecule has 3 heteroatoms. The molecule has 0 bridgehead atoms. The molecule has 0 amide bonds. The molecule has 0 spiro atoms. The molecule has 0 unspecified atom stereocenters. The van der Waals surface area contributed by atoms with E-state index in [9.17, 15) is 0 Å². The van der Waals surface area contributed by atoms with Gasteiger partial charge in [0.05, 0.1) is 6.07 Å². The van der Waals surface area contributed by atoms with Gasteiger partial charge >= 0.3 is 0 Å². The van der Waals surface area contributed by atoms with Crippen molar-refractivity contribution in [2.24, 2.45) is 0 Å². The van der Waals surface area contributed by atoms with E-state index in [0.717, 1.165) is 24.3 Å². The molecule has 0 radical (unpaired) electrons. The monoisotopic (exact) mass is 175 g/mol. The number of rotatable bonds is 4. The fourth-order valence-electron chi connectivity index (χ4n) is 0.980. The Balaban J connectivity index is 2.30. The van der Waals surface area contributed by atoms with Crippen LogP contribution in [0.3, 0.4) is 0 Å². The van der Waals surface area contributed by atoms with Gasteiger partial charge < -0.3 is 5.32 Å². The Hall–Kier alpha value is -1.40. The molecule has 0 aliphatic carbocycles. The molecule has 13 heavy (non-hydrogen) atoms. The Labute approximate surface area is 78.4 Å². The van der Waals surface area contributed by atoms with Gasteiger partial charge in [-0.3, -0.25) is 4.98 Å². The molecule has 0 aliphatic rings. The second-order valence-corrected chi connectivity index (χ2v) is 2.89. The van der Waals surface area contributed by atoms with Gasteiger partial charge in [0.25, 0.3) is 0 Å². The van der Waals surface area contributed by atoms with Crippen molar-refractivity contribution in [1.82, 2.24) is 10.3 Å². The summed E-state index contributed by atoms with van der Waals surface area (Å²) in [5.74, 6) is 0. The first-order valence-corrected chi connectivity index (χ1v) is 4.32. The zero-order valence-electron chi connectivity index (χ0n) is 7.75. The summed E-state index contributed by atoms with van der Waals surface area (Å²) in [6.07, 6.45) is 2.41. The molecule has 1 rings (SSSR count). The van der Waals surface area contributed by atoms with Crippen molar-refractivity contribution in [2.45, 2.75) is 19.9 Å². The lowest BCUT2D eigenvalue weighted by Gasteiger charge is -2.01. The minimum Gasteiger partial charge on any atom is -0.312 e. The lowest BCUT2D eigenvalue weighted by Crippen LogP contribution is -2.14. The van der Waals surface area contributed by atoms with Crippen LogP contribution in [0.1, 0.15) is 17.7 Å². The van der Waals surface area contributed by atoms with Gasteiger partial charge in [-0.2, -0.15) is 5.26 Å². The van der Waals surface area contributed by atoms with Crippen LogP contribution in [-0.2, 0) is 6.54 Å². The minimum atomic E-state index is 0.555. The van der Waals surface area contributed by atoms with Crippen LogP contribution < -0.4 is 5.32 Å². The van der Waals surface area contributed by atoms with Crippen LogP contribution in [0, 0.1) is 18.3 Å². The summed E-state index contributed by atoms with van der Waals surface area (Å²) in [6.45, 7) is 3.49. The Kier molecular flexibility index (Phi) is 3.94. The highest BCUT2D eigenvalue weighted by molar-refractivity contribution is 5.12. The lowest BCUT2D eigenvalue weighted by molar-refractivity contribution is 0.696. The summed E-state index contributed by atoms with van der Waals surface area (Å²) in [6, 6.07) is 6.12. The Bertz CT molecular complexity index is 284. The molecule has 68 valence electrons. The third kappa shape index (κ3) is 3.68. The summed E-state index contributed by atoms with van der Waals surface area (Å²) in [5.41, 5.74) is 2.18. The predicted octanol–water partition coefficient (Wildman–Crippen LogP) is 1.39. The van der Waals surface area contributed by atoms with Gasteiger partial charge in [0, 0.05) is 31.4 Å². The molecule has 1 aromatic rings. The van der Waals surface area contributed by atoms with E-state index in [-0.39, 0.29) is 0 Å². The minimum absolute atomic E-state index is 0.555. The van der Waals surface area contributed by atoms with Crippen molar-refractivity contribution in [3.8, 4) is 6.07 Å². The van der Waals surface area contributed by atoms with Crippen LogP contribution >= 0.6 is 0 Å². The Morgan fingerprint density at radius 3 is 3.00 bits per heavy atom. The number of nitriles is 1. The number of aryl methyl sites for hydroxylation is 1. The van der Waals surface area contributed by atoms with Crippen molar-refractivity contribution in [1.29, 1.82) is 5.26 Å². The molecular weight excluding hydrogens is 162 g/mol. The van der Waals surface area contributed by atoms with Crippen LogP contribution in [0.25, 0.3) is 0 Å². The summed E-state index contributed by atoms with van der Waals surface area (Å²) < 4.78 is 0. The quantitative estimate of drug-likeness (QED) is 0.703. The molecule has 0 saturated carbocycles. The van der Waals surface area contributed by atoms with E-state index in [1.807, 2.05) is 25.3 Å². The molecular formula is C10H13N3. The third-order valence-electron chi connectivity index (χ3n) is 1.72. The molecule has 3 nitrogen and oxygen atoms in total. The second-order valence-electron chi connectivity index (χ2n) is 2.89. The van der Waals surface area contributed by atoms with Gasteiger partial charge in [-0.25, -0.2) is 0 Å². The molecule has 1 heterocycles. The van der Waals surface area contributed by atoms with E-state index < -0.39 is 0 Å². The third-order valence-corrected chi connectivity index (χ3v) is 1.72. The van der Waals surface area contributed by atoms with Gasteiger partial charge in [0.15, 0.2) is 0 Å². The van der Waals surface area contributed by atoms with Crippen molar-refractivity contribution < 1.29 is 0 Å². The first-order valence-electron chi connectivity index (χ1n) is 4.32. The van der Waals surface area contributed by atoms with Crippen LogP contribution in [0.4, 0.5) is 0 Å². The predicted molar refractivity (Wildman–Crippen MR) is 50.9 cm³/mol. The van der Waals surface area contributed by atoms with Crippen LogP contribution in [0.15, 0.2) is 18.3 Å². The molecule has 0 fully saturated rings. The van der Waals surface area contributed by atoms with E-state index in [1.165, 1.54) is 0 Å². The highest BCUT2D eigenvalue weighted by Gasteiger charge is 1.91. The molecule has 0 aromatic carbocycles. The van der Waals surface area contributed by atoms with Gasteiger partial charge in [-0.05, 0) is 18.6 Å². The fourth-order valence-corrected chi connectivity index (χ4v) is 0.980. The maximum absolute atomic E-state index is 8.30. The molecule has 0 aliphatic heterocycles. The first kappa shape index (κ1) is 9.69. The maximum Gasteiger partial charge on any atom is 0.0635 e. The number of nitrogens with zero attached hydrogens (tertiary/aromatic N) is 2. The number of hydrogen-bond donors (Lipinski definition) is 1. The van der Waals surface area contributed by atoms with Gasteiger partial charge in [-0.15, -0.1) is 0 Å². The standard InChI is InChI=1S/C10H13N3/c1-9-3-4-10(8-13-9)7-12-6-2-5-11/h3-4,8,12H,2,6-7H2,1H3. The van der Waals surface area contributed by atoms with E-state index >= 15 is 0 Å². The van der Waals surface area contributed by atoms with E-state index in [0.29, 0.717) is 6.42 Å². The lowest BCUT2D eigenvalue weighted by atomic mass is 10.2. The van der Waals surface area contributed by atoms with Crippen molar-refractivity contribution in [3.63, 3.8) is 0 Å². The maximum atomic E-state index is 8.30. The normalized spacial score (nSPS) is 9.54. The SMILES string of the molecule is Cc1ccc(CNCCC#N)cn1. The van der Waals surface area contributed by atoms with E-state index in [2.05, 4.69) is 16.4 Å². The zero-order valence-corrected chi connectivity index (χ0v) is 7.75. The van der Waals surface area contributed by atoms with E-state index in [4.69, 9.17) is 5.26 Å². The summed E-state index contributed by atoms with van der Waals surface area (Å²) in [5, 5.41) is 11.5. The number of nitrogens with one attached hydrogen (secondary N) is 1. The average Bonchev–Trinajstić information content (AvgIpc) is 2.15. The highest BCUT2D eigenvalue weighted by atomic mass is 14.8. The van der Waals surface area contributed by atoms with Crippen LogP contribution in [0.5, 0.6) is 0 Å². The van der Waals surface area contributed by atoms with Crippen LogP contribution in [0.2, 0.25) is 0 Å². The van der Waals surface area contributed by atoms with Gasteiger partial charge in [0.1, 0.15) is 0 Å². The molecule has 0 atom stereocenters. The van der Waals surface area contributed by atoms with E-state index in [1.54, 1.807) is 0 Å². The highest BCUT2D eigenvalue weighted by Crippen LogP contribution is 1.98. The Morgan fingerprint density at radius 2 is 2.38 bits per heavy atom. The van der Waals surface area contributed by atoms with Crippen molar-refractivity contribution in [2.75, 3.05) is 6.54 Å². The van der Waals surface area contributed by atoms with Gasteiger partial charge in [-0.1, -0.05) is 6.07 Å². The van der Waals surface area contributed by atoms with Crippen molar-refractivity contribution in [3.05, 3.63) is 29.6 Å². The van der Waals surface area contributed by atoms with Crippen molar-refractivity contribution >= 4 is 0 Å². The smallest absolute Gasteiger partial charge is 0.0635 e. The summed E-state index contributed by atoms with van der Waals surface area (Å²) in [4.78, 5) is 4.17. The summed E-state index contributed by atoms with van der Waals surface area (Å²) >= 11 is 0. The van der Waals surface area contributed by atoms with Crippen LogP contribution in [-0.4, -0.2) is 11.5 Å². The zero-order chi connectivity index (χ0) is 9.52. The molecule has 0 saturated heterocycles.